The second-order valence-corrected chi connectivity index (χ2v) is 5.91. The molecule has 0 unspecified atom stereocenters. The molecule has 0 aliphatic rings. The Balaban J connectivity index is 1.95. The predicted molar refractivity (Wildman–Crippen MR) is 106 cm³/mol. The van der Waals surface area contributed by atoms with Crippen molar-refractivity contribution in [3.63, 3.8) is 0 Å². The lowest BCUT2D eigenvalue weighted by atomic mass is 10.1. The van der Waals surface area contributed by atoms with Gasteiger partial charge in [-0.25, -0.2) is 9.18 Å². The van der Waals surface area contributed by atoms with Crippen LogP contribution in [0.15, 0.2) is 36.4 Å². The molecule has 8 heteroatoms. The van der Waals surface area contributed by atoms with Crippen molar-refractivity contribution in [2.75, 3.05) is 33.3 Å². The van der Waals surface area contributed by atoms with Crippen LogP contribution in [0.25, 0.3) is 6.08 Å². The van der Waals surface area contributed by atoms with Crippen LogP contribution in [0.4, 0.5) is 10.1 Å². The lowest BCUT2D eigenvalue weighted by Gasteiger charge is -2.12. The number of anilines is 1. The minimum absolute atomic E-state index is 0.280. The van der Waals surface area contributed by atoms with Gasteiger partial charge < -0.3 is 24.3 Å². The first-order valence-electron chi connectivity index (χ1n) is 8.58. The first kappa shape index (κ1) is 21.7. The first-order chi connectivity index (χ1) is 13.9. The van der Waals surface area contributed by atoms with Gasteiger partial charge in [0.2, 0.25) is 5.75 Å². The Morgan fingerprint density at radius 1 is 1.03 bits per heavy atom. The molecule has 0 aliphatic carbocycles. The van der Waals surface area contributed by atoms with Crippen LogP contribution in [0.5, 0.6) is 17.2 Å². The van der Waals surface area contributed by atoms with Gasteiger partial charge in [-0.3, -0.25) is 4.79 Å². The van der Waals surface area contributed by atoms with Crippen LogP contribution >= 0.6 is 0 Å². The van der Waals surface area contributed by atoms with Gasteiger partial charge in [0.05, 0.1) is 21.3 Å². The average molecular weight is 403 g/mol. The third-order valence-corrected chi connectivity index (χ3v) is 3.90. The summed E-state index contributed by atoms with van der Waals surface area (Å²) in [5, 5.41) is 2.45. The number of rotatable bonds is 8. The van der Waals surface area contributed by atoms with Crippen molar-refractivity contribution >= 4 is 23.6 Å². The molecule has 0 radical (unpaired) electrons. The summed E-state index contributed by atoms with van der Waals surface area (Å²) >= 11 is 0. The van der Waals surface area contributed by atoms with Crippen LogP contribution in [0.3, 0.4) is 0 Å². The Bertz CT molecular complexity index is 900. The minimum atomic E-state index is -0.719. The van der Waals surface area contributed by atoms with E-state index in [0.717, 1.165) is 0 Å². The number of hydrogen-bond acceptors (Lipinski definition) is 6. The van der Waals surface area contributed by atoms with E-state index in [1.165, 1.54) is 45.6 Å². The van der Waals surface area contributed by atoms with Gasteiger partial charge in [-0.2, -0.15) is 0 Å². The van der Waals surface area contributed by atoms with E-state index in [-0.39, 0.29) is 5.69 Å². The van der Waals surface area contributed by atoms with Crippen LogP contribution in [0, 0.1) is 12.7 Å². The number of carbonyl (C=O) groups excluding carboxylic acids is 2. The molecule has 2 aromatic carbocycles. The number of hydrogen-bond donors (Lipinski definition) is 1. The highest BCUT2D eigenvalue weighted by Gasteiger charge is 2.12. The molecule has 0 saturated carbocycles. The van der Waals surface area contributed by atoms with Crippen molar-refractivity contribution in [3.05, 3.63) is 53.4 Å². The molecule has 0 bridgehead atoms. The van der Waals surface area contributed by atoms with E-state index in [9.17, 15) is 14.0 Å². The van der Waals surface area contributed by atoms with Crippen molar-refractivity contribution in [1.29, 1.82) is 0 Å². The van der Waals surface area contributed by atoms with E-state index in [4.69, 9.17) is 18.9 Å². The number of halogens is 1. The van der Waals surface area contributed by atoms with E-state index >= 15 is 0 Å². The molecule has 0 aromatic heterocycles. The number of benzene rings is 2. The molecule has 7 nitrogen and oxygen atoms in total. The molecular formula is C21H22FNO6. The molecule has 0 atom stereocenters. The Labute approximate surface area is 168 Å². The fraction of sp³-hybridized carbons (Fsp3) is 0.238. The van der Waals surface area contributed by atoms with Crippen molar-refractivity contribution in [2.45, 2.75) is 6.92 Å². The Morgan fingerprint density at radius 2 is 1.69 bits per heavy atom. The number of esters is 1. The Hall–Kier alpha value is -3.55. The Morgan fingerprint density at radius 3 is 2.24 bits per heavy atom. The van der Waals surface area contributed by atoms with Gasteiger partial charge in [0, 0.05) is 11.8 Å². The molecule has 2 rings (SSSR count). The van der Waals surface area contributed by atoms with Crippen LogP contribution in [0.1, 0.15) is 11.1 Å². The molecule has 0 aliphatic heterocycles. The maximum absolute atomic E-state index is 13.5. The highest BCUT2D eigenvalue weighted by Crippen LogP contribution is 2.38. The third-order valence-electron chi connectivity index (χ3n) is 3.90. The van der Waals surface area contributed by atoms with E-state index in [2.05, 4.69) is 5.32 Å². The van der Waals surface area contributed by atoms with Crippen LogP contribution in [-0.4, -0.2) is 39.8 Å². The van der Waals surface area contributed by atoms with Gasteiger partial charge in [0.25, 0.3) is 5.91 Å². The second kappa shape index (κ2) is 10.1. The number of nitrogens with one attached hydrogen (secondary N) is 1. The standard InChI is InChI=1S/C21H22FNO6/c1-13-5-7-15(11-16(13)22)23-19(24)12-29-20(25)8-6-14-9-17(26-2)21(28-4)18(10-14)27-3/h5-11H,12H2,1-4H3,(H,23,24). The number of methoxy groups -OCH3 is 3. The van der Waals surface area contributed by atoms with Gasteiger partial charge in [-0.05, 0) is 48.4 Å². The fourth-order valence-electron chi connectivity index (χ4n) is 2.41. The summed E-state index contributed by atoms with van der Waals surface area (Å²) in [6.07, 6.45) is 2.65. The van der Waals surface area contributed by atoms with E-state index < -0.39 is 24.3 Å². The van der Waals surface area contributed by atoms with Crippen LogP contribution in [0.2, 0.25) is 0 Å². The third kappa shape index (κ3) is 5.97. The summed E-state index contributed by atoms with van der Waals surface area (Å²) in [6.45, 7) is 1.11. The lowest BCUT2D eigenvalue weighted by Crippen LogP contribution is -2.20. The normalized spacial score (nSPS) is 10.5. The van der Waals surface area contributed by atoms with Crippen molar-refractivity contribution in [1.82, 2.24) is 0 Å². The minimum Gasteiger partial charge on any atom is -0.493 e. The molecule has 1 N–H and O–H groups in total. The van der Waals surface area contributed by atoms with Gasteiger partial charge in [0.1, 0.15) is 5.82 Å². The van der Waals surface area contributed by atoms with Gasteiger partial charge in [0.15, 0.2) is 18.1 Å². The summed E-state index contributed by atoms with van der Waals surface area (Å²) in [6, 6.07) is 7.60. The van der Waals surface area contributed by atoms with E-state index in [1.54, 1.807) is 25.1 Å². The van der Waals surface area contributed by atoms with Crippen molar-refractivity contribution < 1.29 is 32.9 Å². The summed E-state index contributed by atoms with van der Waals surface area (Å²) in [5.74, 6) is -0.437. The zero-order chi connectivity index (χ0) is 21.4. The van der Waals surface area contributed by atoms with Crippen LogP contribution in [-0.2, 0) is 14.3 Å². The predicted octanol–water partition coefficient (Wildman–Crippen LogP) is 3.36. The zero-order valence-electron chi connectivity index (χ0n) is 16.6. The summed E-state index contributed by atoms with van der Waals surface area (Å²) in [7, 11) is 4.46. The summed E-state index contributed by atoms with van der Waals surface area (Å²) in [4.78, 5) is 23.7. The second-order valence-electron chi connectivity index (χ2n) is 5.91. The summed E-state index contributed by atoms with van der Waals surface area (Å²) < 4.78 is 34.1. The molecule has 0 saturated heterocycles. The molecular weight excluding hydrogens is 381 g/mol. The fourth-order valence-corrected chi connectivity index (χ4v) is 2.41. The monoisotopic (exact) mass is 403 g/mol. The SMILES string of the molecule is COc1cc(C=CC(=O)OCC(=O)Nc2ccc(C)c(F)c2)cc(OC)c1OC. The first-order valence-corrected chi connectivity index (χ1v) is 8.58. The average Bonchev–Trinajstić information content (AvgIpc) is 2.72. The largest absolute Gasteiger partial charge is 0.493 e. The molecule has 0 fully saturated rings. The summed E-state index contributed by atoms with van der Waals surface area (Å²) in [5.41, 5.74) is 1.35. The maximum Gasteiger partial charge on any atom is 0.331 e. The smallest absolute Gasteiger partial charge is 0.331 e. The Kier molecular flexibility index (Phi) is 7.59. The quantitative estimate of drug-likeness (QED) is 0.538. The maximum atomic E-state index is 13.5. The van der Waals surface area contributed by atoms with Crippen molar-refractivity contribution in [2.24, 2.45) is 0 Å². The molecule has 0 heterocycles. The van der Waals surface area contributed by atoms with Gasteiger partial charge in [-0.1, -0.05) is 6.07 Å². The molecule has 2 aromatic rings. The van der Waals surface area contributed by atoms with Gasteiger partial charge >= 0.3 is 5.97 Å². The molecule has 1 amide bonds. The number of aryl methyl sites for hydroxylation is 1. The lowest BCUT2D eigenvalue weighted by molar-refractivity contribution is -0.142. The van der Waals surface area contributed by atoms with E-state index in [1.807, 2.05) is 0 Å². The highest BCUT2D eigenvalue weighted by atomic mass is 19.1. The number of carbonyl (C=O) groups is 2. The zero-order valence-corrected chi connectivity index (χ0v) is 16.6. The van der Waals surface area contributed by atoms with Crippen LogP contribution < -0.4 is 19.5 Å². The highest BCUT2D eigenvalue weighted by molar-refractivity contribution is 5.94. The topological polar surface area (TPSA) is 83.1 Å². The molecule has 29 heavy (non-hydrogen) atoms. The molecule has 154 valence electrons. The molecule has 0 spiro atoms. The van der Waals surface area contributed by atoms with Crippen molar-refractivity contribution in [3.8, 4) is 17.2 Å². The van der Waals surface area contributed by atoms with Gasteiger partial charge in [-0.15, -0.1) is 0 Å². The number of amides is 1. The number of ether oxygens (including phenoxy) is 4. The van der Waals surface area contributed by atoms with E-state index in [0.29, 0.717) is 28.4 Å².